The zero-order valence-corrected chi connectivity index (χ0v) is 24.6. The van der Waals surface area contributed by atoms with Crippen molar-refractivity contribution in [3.8, 4) is 16.9 Å². The van der Waals surface area contributed by atoms with Gasteiger partial charge in [-0.15, -0.1) is 0 Å². The van der Waals surface area contributed by atoms with Gasteiger partial charge in [0.2, 0.25) is 0 Å². The van der Waals surface area contributed by atoms with E-state index in [2.05, 4.69) is 84.9 Å². The average molecular weight is 517 g/mol. The van der Waals surface area contributed by atoms with Crippen LogP contribution >= 0.6 is 0 Å². The normalized spacial score (nSPS) is 30.8. The summed E-state index contributed by atoms with van der Waals surface area (Å²) in [5, 5.41) is 0. The summed E-state index contributed by atoms with van der Waals surface area (Å²) in [5.74, 6) is 3.48. The van der Waals surface area contributed by atoms with Crippen molar-refractivity contribution >= 4 is 12.6 Å². The third-order valence-electron chi connectivity index (χ3n) is 10.6. The van der Waals surface area contributed by atoms with Gasteiger partial charge in [-0.05, 0) is 106 Å². The van der Waals surface area contributed by atoms with E-state index in [4.69, 9.17) is 18.8 Å². The van der Waals surface area contributed by atoms with Crippen LogP contribution in [0.15, 0.2) is 36.4 Å². The van der Waals surface area contributed by atoms with Crippen LogP contribution in [0.2, 0.25) is 0 Å². The number of methoxy groups -OCH3 is 1. The predicted octanol–water partition coefficient (Wildman–Crippen LogP) is 7.01. The highest BCUT2D eigenvalue weighted by molar-refractivity contribution is 6.64. The van der Waals surface area contributed by atoms with Crippen LogP contribution < -0.4 is 10.2 Å². The molecular formula is C33H45BO4. The standard InChI is InChI=1S/C33H45BO4/c1-30(2,3)23-16-26(25-11-9-10-12-28(25)34-37-31(4,5)32(6,7)38-34)29(36-20-35-8)27(17-23)33-18-21-13-22(19-33)15-24(33)14-21/h9-12,16-17,21-22,24H,13-15,18-20H2,1-8H3. The maximum Gasteiger partial charge on any atom is 0.495 e. The van der Waals surface area contributed by atoms with Crippen LogP contribution in [0.1, 0.15) is 91.7 Å². The van der Waals surface area contributed by atoms with E-state index in [0.29, 0.717) is 0 Å². The second-order valence-corrected chi connectivity index (χ2v) is 14.6. The second-order valence-electron chi connectivity index (χ2n) is 14.6. The van der Waals surface area contributed by atoms with Gasteiger partial charge in [-0.1, -0.05) is 51.1 Å². The Kier molecular flexibility index (Phi) is 6.15. The largest absolute Gasteiger partial charge is 0.495 e. The van der Waals surface area contributed by atoms with Crippen LogP contribution in [0.25, 0.3) is 11.1 Å². The van der Waals surface area contributed by atoms with Gasteiger partial charge in [-0.3, -0.25) is 0 Å². The van der Waals surface area contributed by atoms with Crippen molar-refractivity contribution in [2.45, 2.75) is 103 Å². The molecule has 2 atom stereocenters. The van der Waals surface area contributed by atoms with Crippen LogP contribution in [0.5, 0.6) is 5.75 Å². The number of hydrogen-bond donors (Lipinski definition) is 0. The number of rotatable bonds is 6. The molecule has 2 unspecified atom stereocenters. The molecule has 4 aliphatic carbocycles. The Labute approximate surface area is 229 Å². The van der Waals surface area contributed by atoms with Gasteiger partial charge < -0.3 is 18.8 Å². The molecule has 0 aromatic heterocycles. The van der Waals surface area contributed by atoms with Crippen LogP contribution in [-0.4, -0.2) is 32.2 Å². The molecular weight excluding hydrogens is 471 g/mol. The Balaban J connectivity index is 1.56. The zero-order valence-electron chi connectivity index (χ0n) is 24.6. The Morgan fingerprint density at radius 3 is 2.13 bits per heavy atom. The van der Waals surface area contributed by atoms with Crippen molar-refractivity contribution in [1.82, 2.24) is 0 Å². The fourth-order valence-electron chi connectivity index (χ4n) is 8.06. The first-order chi connectivity index (χ1) is 17.8. The Bertz CT molecular complexity index is 1200. The quantitative estimate of drug-likeness (QED) is 0.306. The fraction of sp³-hybridized carbons (Fsp3) is 0.636. The van der Waals surface area contributed by atoms with Crippen molar-refractivity contribution in [3.63, 3.8) is 0 Å². The molecule has 5 aliphatic rings. The Morgan fingerprint density at radius 1 is 0.895 bits per heavy atom. The van der Waals surface area contributed by atoms with E-state index >= 15 is 0 Å². The summed E-state index contributed by atoms with van der Waals surface area (Å²) in [6.45, 7) is 15.7. The van der Waals surface area contributed by atoms with E-state index in [1.165, 1.54) is 43.2 Å². The molecule has 204 valence electrons. The van der Waals surface area contributed by atoms with Crippen LogP contribution in [0, 0.1) is 17.8 Å². The molecule has 4 saturated carbocycles. The summed E-state index contributed by atoms with van der Waals surface area (Å²) in [7, 11) is 1.27. The summed E-state index contributed by atoms with van der Waals surface area (Å²) in [6.07, 6.45) is 6.76. The van der Waals surface area contributed by atoms with Gasteiger partial charge in [0.25, 0.3) is 0 Å². The summed E-state index contributed by atoms with van der Waals surface area (Å²) < 4.78 is 25.2. The molecule has 38 heavy (non-hydrogen) atoms. The minimum Gasteiger partial charge on any atom is -0.467 e. The maximum atomic E-state index is 6.60. The third kappa shape index (κ3) is 4.07. The molecule has 2 aromatic carbocycles. The Hall–Kier alpha value is -1.82. The molecule has 0 N–H and O–H groups in total. The molecule has 4 nitrogen and oxygen atoms in total. The fourth-order valence-corrected chi connectivity index (χ4v) is 8.06. The first-order valence-electron chi connectivity index (χ1n) is 14.6. The van der Waals surface area contributed by atoms with Crippen LogP contribution in [-0.2, 0) is 24.9 Å². The molecule has 0 spiro atoms. The molecule has 1 heterocycles. The van der Waals surface area contributed by atoms with Gasteiger partial charge in [-0.25, -0.2) is 0 Å². The van der Waals surface area contributed by atoms with E-state index in [-0.39, 0.29) is 17.6 Å². The van der Waals surface area contributed by atoms with E-state index in [9.17, 15) is 0 Å². The van der Waals surface area contributed by atoms with Gasteiger partial charge in [-0.2, -0.15) is 0 Å². The summed E-state index contributed by atoms with van der Waals surface area (Å²) in [5.41, 5.74) is 5.50. The van der Waals surface area contributed by atoms with E-state index in [1.807, 2.05) is 0 Å². The summed E-state index contributed by atoms with van der Waals surface area (Å²) in [4.78, 5) is 0. The average Bonchev–Trinajstić information content (AvgIpc) is 3.34. The molecule has 0 radical (unpaired) electrons. The van der Waals surface area contributed by atoms with Crippen molar-refractivity contribution < 1.29 is 18.8 Å². The number of ether oxygens (including phenoxy) is 2. The van der Waals surface area contributed by atoms with Gasteiger partial charge >= 0.3 is 7.12 Å². The van der Waals surface area contributed by atoms with E-state index < -0.39 is 18.3 Å². The van der Waals surface area contributed by atoms with Crippen LogP contribution in [0.3, 0.4) is 0 Å². The molecule has 5 fully saturated rings. The zero-order chi connectivity index (χ0) is 27.1. The van der Waals surface area contributed by atoms with E-state index in [0.717, 1.165) is 40.1 Å². The first-order valence-corrected chi connectivity index (χ1v) is 14.6. The molecule has 1 saturated heterocycles. The van der Waals surface area contributed by atoms with E-state index in [1.54, 1.807) is 7.11 Å². The number of benzene rings is 2. The highest BCUT2D eigenvalue weighted by atomic mass is 16.7. The smallest absolute Gasteiger partial charge is 0.467 e. The molecule has 7 rings (SSSR count). The van der Waals surface area contributed by atoms with Gasteiger partial charge in [0, 0.05) is 23.7 Å². The second kappa shape index (κ2) is 8.84. The monoisotopic (exact) mass is 516 g/mol. The van der Waals surface area contributed by atoms with Crippen molar-refractivity contribution in [2.24, 2.45) is 17.8 Å². The van der Waals surface area contributed by atoms with Crippen molar-refractivity contribution in [1.29, 1.82) is 0 Å². The van der Waals surface area contributed by atoms with Crippen molar-refractivity contribution in [3.05, 3.63) is 47.5 Å². The number of hydrogen-bond acceptors (Lipinski definition) is 4. The molecule has 4 bridgehead atoms. The minimum absolute atomic E-state index is 0.00877. The minimum atomic E-state index is -0.440. The lowest BCUT2D eigenvalue weighted by Gasteiger charge is -2.37. The summed E-state index contributed by atoms with van der Waals surface area (Å²) in [6, 6.07) is 13.4. The molecule has 5 heteroatoms. The SMILES string of the molecule is COCOc1c(-c2ccccc2B2OC(C)(C)C(C)(C)O2)cc(C(C)(C)C)cc1C12CC3CC(CC1C3)C2. The first kappa shape index (κ1) is 26.4. The van der Waals surface area contributed by atoms with Crippen molar-refractivity contribution in [2.75, 3.05) is 13.9 Å². The topological polar surface area (TPSA) is 36.9 Å². The van der Waals surface area contributed by atoms with Gasteiger partial charge in [0.15, 0.2) is 6.79 Å². The van der Waals surface area contributed by atoms with Crippen LogP contribution in [0.4, 0.5) is 0 Å². The predicted molar refractivity (Wildman–Crippen MR) is 154 cm³/mol. The molecule has 2 aromatic rings. The highest BCUT2D eigenvalue weighted by Gasteiger charge is 2.59. The lowest BCUT2D eigenvalue weighted by Crippen LogP contribution is -2.41. The third-order valence-corrected chi connectivity index (χ3v) is 10.6. The van der Waals surface area contributed by atoms with Gasteiger partial charge in [0.1, 0.15) is 5.75 Å². The Morgan fingerprint density at radius 2 is 1.53 bits per heavy atom. The highest BCUT2D eigenvalue weighted by Crippen LogP contribution is 2.67. The molecule has 0 amide bonds. The lowest BCUT2D eigenvalue weighted by atomic mass is 9.67. The maximum absolute atomic E-state index is 6.60. The lowest BCUT2D eigenvalue weighted by molar-refractivity contribution is 0.00578. The molecule has 1 aliphatic heterocycles. The van der Waals surface area contributed by atoms with Gasteiger partial charge in [0.05, 0.1) is 11.2 Å². The summed E-state index contributed by atoms with van der Waals surface area (Å²) >= 11 is 0.